The van der Waals surface area contributed by atoms with Crippen LogP contribution in [0.15, 0.2) is 28.8 Å². The normalized spacial score (nSPS) is 13.4. The minimum Gasteiger partial charge on any atom is -0.339 e. The van der Waals surface area contributed by atoms with Gasteiger partial charge in [0.25, 0.3) is 0 Å². The van der Waals surface area contributed by atoms with Gasteiger partial charge in [0.1, 0.15) is 0 Å². The Hall–Kier alpha value is -1.68. The SMILES string of the molecule is Cc1ccccc1Cc1noc(CC(N)C(C)(C)C)n1. The fraction of sp³-hybridized carbons (Fsp3) is 0.500. The van der Waals surface area contributed by atoms with Crippen LogP contribution in [0.4, 0.5) is 0 Å². The molecule has 1 aromatic heterocycles. The first-order valence-electron chi connectivity index (χ1n) is 6.98. The van der Waals surface area contributed by atoms with E-state index in [0.717, 1.165) is 5.82 Å². The zero-order chi connectivity index (χ0) is 14.8. The van der Waals surface area contributed by atoms with Crippen LogP contribution >= 0.6 is 0 Å². The van der Waals surface area contributed by atoms with Crippen molar-refractivity contribution in [1.29, 1.82) is 0 Å². The highest BCUT2D eigenvalue weighted by Gasteiger charge is 2.23. The van der Waals surface area contributed by atoms with E-state index in [0.29, 0.717) is 18.7 Å². The summed E-state index contributed by atoms with van der Waals surface area (Å²) in [7, 11) is 0. The Morgan fingerprint density at radius 2 is 1.95 bits per heavy atom. The van der Waals surface area contributed by atoms with Crippen molar-refractivity contribution in [3.05, 3.63) is 47.1 Å². The summed E-state index contributed by atoms with van der Waals surface area (Å²) in [6, 6.07) is 8.24. The van der Waals surface area contributed by atoms with Crippen LogP contribution in [0.1, 0.15) is 43.6 Å². The van der Waals surface area contributed by atoms with Crippen LogP contribution in [-0.4, -0.2) is 16.2 Å². The van der Waals surface area contributed by atoms with Gasteiger partial charge in [0.2, 0.25) is 5.89 Å². The molecule has 2 rings (SSSR count). The fourth-order valence-corrected chi connectivity index (χ4v) is 1.92. The summed E-state index contributed by atoms with van der Waals surface area (Å²) in [5.41, 5.74) is 8.64. The second-order valence-electron chi connectivity index (χ2n) is 6.38. The van der Waals surface area contributed by atoms with Crippen LogP contribution in [-0.2, 0) is 12.8 Å². The smallest absolute Gasteiger partial charge is 0.228 e. The number of aromatic nitrogens is 2. The summed E-state index contributed by atoms with van der Waals surface area (Å²) in [6.07, 6.45) is 1.31. The molecule has 108 valence electrons. The number of aryl methyl sites for hydroxylation is 1. The average Bonchev–Trinajstić information content (AvgIpc) is 2.78. The van der Waals surface area contributed by atoms with E-state index in [4.69, 9.17) is 10.3 Å². The van der Waals surface area contributed by atoms with E-state index in [1.165, 1.54) is 11.1 Å². The second-order valence-corrected chi connectivity index (χ2v) is 6.38. The summed E-state index contributed by atoms with van der Waals surface area (Å²) < 4.78 is 5.30. The molecule has 1 unspecified atom stereocenters. The second kappa shape index (κ2) is 5.75. The molecule has 0 aliphatic rings. The van der Waals surface area contributed by atoms with Gasteiger partial charge in [0.15, 0.2) is 5.82 Å². The lowest BCUT2D eigenvalue weighted by molar-refractivity contribution is 0.285. The topological polar surface area (TPSA) is 64.9 Å². The number of hydrogen-bond donors (Lipinski definition) is 1. The van der Waals surface area contributed by atoms with Crippen LogP contribution in [0, 0.1) is 12.3 Å². The lowest BCUT2D eigenvalue weighted by atomic mass is 9.85. The van der Waals surface area contributed by atoms with Crippen molar-refractivity contribution in [2.45, 2.75) is 46.6 Å². The Labute approximate surface area is 120 Å². The number of nitrogens with two attached hydrogens (primary N) is 1. The zero-order valence-corrected chi connectivity index (χ0v) is 12.7. The van der Waals surface area contributed by atoms with E-state index >= 15 is 0 Å². The maximum atomic E-state index is 6.14. The summed E-state index contributed by atoms with van der Waals surface area (Å²) in [4.78, 5) is 4.44. The maximum absolute atomic E-state index is 6.14. The molecule has 4 nitrogen and oxygen atoms in total. The van der Waals surface area contributed by atoms with Gasteiger partial charge in [0.05, 0.1) is 0 Å². The van der Waals surface area contributed by atoms with E-state index in [2.05, 4.69) is 50.0 Å². The highest BCUT2D eigenvalue weighted by molar-refractivity contribution is 5.27. The van der Waals surface area contributed by atoms with Gasteiger partial charge in [-0.25, -0.2) is 0 Å². The predicted octanol–water partition coefficient (Wildman–Crippen LogP) is 2.88. The van der Waals surface area contributed by atoms with Crippen LogP contribution in [0.25, 0.3) is 0 Å². The molecule has 4 heteroatoms. The maximum Gasteiger partial charge on any atom is 0.228 e. The molecule has 0 fully saturated rings. The molecule has 1 aromatic carbocycles. The fourth-order valence-electron chi connectivity index (χ4n) is 1.92. The van der Waals surface area contributed by atoms with E-state index < -0.39 is 0 Å². The number of hydrogen-bond acceptors (Lipinski definition) is 4. The minimum atomic E-state index is 0.00858. The van der Waals surface area contributed by atoms with Crippen molar-refractivity contribution in [3.63, 3.8) is 0 Å². The van der Waals surface area contributed by atoms with E-state index in [1.54, 1.807) is 0 Å². The third-order valence-corrected chi connectivity index (χ3v) is 3.63. The third-order valence-electron chi connectivity index (χ3n) is 3.63. The molecule has 0 bridgehead atoms. The molecular weight excluding hydrogens is 250 g/mol. The Morgan fingerprint density at radius 3 is 2.60 bits per heavy atom. The lowest BCUT2D eigenvalue weighted by Crippen LogP contribution is -2.37. The number of rotatable bonds is 4. The van der Waals surface area contributed by atoms with Crippen molar-refractivity contribution in [2.24, 2.45) is 11.1 Å². The summed E-state index contributed by atoms with van der Waals surface area (Å²) >= 11 is 0. The Balaban J connectivity index is 2.05. The summed E-state index contributed by atoms with van der Waals surface area (Å²) in [5.74, 6) is 1.34. The van der Waals surface area contributed by atoms with Gasteiger partial charge in [-0.2, -0.15) is 4.98 Å². The number of benzene rings is 1. The minimum absolute atomic E-state index is 0.00858. The van der Waals surface area contributed by atoms with Crippen molar-refractivity contribution in [2.75, 3.05) is 0 Å². The van der Waals surface area contributed by atoms with Crippen LogP contribution in [0.2, 0.25) is 0 Å². The molecule has 0 saturated heterocycles. The molecule has 20 heavy (non-hydrogen) atoms. The van der Waals surface area contributed by atoms with Crippen molar-refractivity contribution in [3.8, 4) is 0 Å². The first-order chi connectivity index (χ1) is 9.36. The first-order valence-corrected chi connectivity index (χ1v) is 6.98. The zero-order valence-electron chi connectivity index (χ0n) is 12.7. The van der Waals surface area contributed by atoms with Gasteiger partial charge in [0, 0.05) is 18.9 Å². The van der Waals surface area contributed by atoms with Crippen molar-refractivity contribution >= 4 is 0 Å². The molecule has 2 aromatic rings. The van der Waals surface area contributed by atoms with Gasteiger partial charge in [-0.15, -0.1) is 0 Å². The quantitative estimate of drug-likeness (QED) is 0.930. The largest absolute Gasteiger partial charge is 0.339 e. The summed E-state index contributed by atoms with van der Waals surface area (Å²) in [6.45, 7) is 8.43. The van der Waals surface area contributed by atoms with Gasteiger partial charge in [-0.3, -0.25) is 0 Å². The van der Waals surface area contributed by atoms with Crippen molar-refractivity contribution in [1.82, 2.24) is 10.1 Å². The Morgan fingerprint density at radius 1 is 1.25 bits per heavy atom. The molecule has 1 heterocycles. The van der Waals surface area contributed by atoms with E-state index in [-0.39, 0.29) is 11.5 Å². The van der Waals surface area contributed by atoms with Gasteiger partial charge >= 0.3 is 0 Å². The highest BCUT2D eigenvalue weighted by atomic mass is 16.5. The van der Waals surface area contributed by atoms with Crippen LogP contribution < -0.4 is 5.73 Å². The lowest BCUT2D eigenvalue weighted by Gasteiger charge is -2.25. The van der Waals surface area contributed by atoms with E-state index in [1.807, 2.05) is 12.1 Å². The predicted molar refractivity (Wildman–Crippen MR) is 79.4 cm³/mol. The molecule has 0 aliphatic carbocycles. The van der Waals surface area contributed by atoms with Crippen LogP contribution in [0.5, 0.6) is 0 Å². The van der Waals surface area contributed by atoms with Gasteiger partial charge in [-0.05, 0) is 23.5 Å². The molecule has 2 N–H and O–H groups in total. The van der Waals surface area contributed by atoms with Crippen molar-refractivity contribution < 1.29 is 4.52 Å². The van der Waals surface area contributed by atoms with Gasteiger partial charge in [-0.1, -0.05) is 50.2 Å². The molecule has 0 saturated carbocycles. The molecule has 0 amide bonds. The first kappa shape index (κ1) is 14.7. The number of nitrogens with zero attached hydrogens (tertiary/aromatic N) is 2. The molecule has 0 radical (unpaired) electrons. The van der Waals surface area contributed by atoms with E-state index in [9.17, 15) is 0 Å². The molecule has 0 spiro atoms. The monoisotopic (exact) mass is 273 g/mol. The molecule has 0 aliphatic heterocycles. The standard InChI is InChI=1S/C16H23N3O/c1-11-7-5-6-8-12(11)9-14-18-15(20-19-14)10-13(17)16(2,3)4/h5-8,13H,9-10,17H2,1-4H3. The Kier molecular flexibility index (Phi) is 4.23. The van der Waals surface area contributed by atoms with Crippen LogP contribution in [0.3, 0.4) is 0 Å². The average molecular weight is 273 g/mol. The highest BCUT2D eigenvalue weighted by Crippen LogP contribution is 2.20. The molecular formula is C16H23N3O. The third kappa shape index (κ3) is 3.67. The summed E-state index contributed by atoms with van der Waals surface area (Å²) in [5, 5.41) is 4.05. The Bertz CT molecular complexity index is 569. The van der Waals surface area contributed by atoms with Gasteiger partial charge < -0.3 is 10.3 Å². The molecule has 1 atom stereocenters.